The Morgan fingerprint density at radius 1 is 1.48 bits per heavy atom. The molecule has 0 unspecified atom stereocenters. The van der Waals surface area contributed by atoms with Gasteiger partial charge in [0, 0.05) is 21.9 Å². The number of rotatable bonds is 8. The fourth-order valence-electron chi connectivity index (χ4n) is 2.17. The Bertz CT molecular complexity index is 887. The number of carbonyl (C=O) groups excluding carboxylic acids is 1. The number of thiophene rings is 1. The van der Waals surface area contributed by atoms with Gasteiger partial charge >= 0.3 is 5.97 Å². The van der Waals surface area contributed by atoms with E-state index in [1.54, 1.807) is 11.8 Å². The molecule has 0 aliphatic carbocycles. The number of nitriles is 1. The van der Waals surface area contributed by atoms with Crippen LogP contribution >= 0.6 is 23.1 Å². The van der Waals surface area contributed by atoms with Gasteiger partial charge in [-0.15, -0.1) is 23.1 Å². The minimum absolute atomic E-state index is 0.130. The smallest absolute Gasteiger partial charge is 0.355 e. The third-order valence-corrected chi connectivity index (χ3v) is 5.47. The van der Waals surface area contributed by atoms with E-state index in [1.807, 2.05) is 30.5 Å². The summed E-state index contributed by atoms with van der Waals surface area (Å²) in [5.74, 6) is -0.545. The Morgan fingerprint density at radius 2 is 2.26 bits per heavy atom. The molecule has 142 valence electrons. The molecule has 0 fully saturated rings. The van der Waals surface area contributed by atoms with Crippen LogP contribution in [0.3, 0.4) is 0 Å². The van der Waals surface area contributed by atoms with Crippen molar-refractivity contribution in [2.45, 2.75) is 18.2 Å². The molecule has 1 aromatic heterocycles. The molecule has 0 saturated heterocycles. The Morgan fingerprint density at radius 3 is 2.93 bits per heavy atom. The number of anilines is 3. The van der Waals surface area contributed by atoms with Crippen molar-refractivity contribution >= 4 is 51.2 Å². The summed E-state index contributed by atoms with van der Waals surface area (Å²) < 4.78 is 4.54. The van der Waals surface area contributed by atoms with E-state index >= 15 is 0 Å². The van der Waals surface area contributed by atoms with Gasteiger partial charge in [-0.2, -0.15) is 5.26 Å². The summed E-state index contributed by atoms with van der Waals surface area (Å²) in [7, 11) is 1.28. The molecule has 3 N–H and O–H groups in total. The predicted molar refractivity (Wildman–Crippen MR) is 110 cm³/mol. The molecule has 2 rings (SSSR count). The van der Waals surface area contributed by atoms with Gasteiger partial charge in [0.15, 0.2) is 5.71 Å². The van der Waals surface area contributed by atoms with Crippen molar-refractivity contribution in [3.8, 4) is 6.07 Å². The van der Waals surface area contributed by atoms with Gasteiger partial charge in [-0.25, -0.2) is 4.79 Å². The molecule has 0 amide bonds. The number of ether oxygens (including phenoxy) is 1. The molecule has 2 aromatic rings. The first-order valence-electron chi connectivity index (χ1n) is 7.97. The van der Waals surface area contributed by atoms with Crippen molar-refractivity contribution < 1.29 is 14.4 Å². The van der Waals surface area contributed by atoms with Crippen LogP contribution in [0.4, 0.5) is 16.4 Å². The summed E-state index contributed by atoms with van der Waals surface area (Å²) in [5.41, 5.74) is 7.98. The SMILES string of the molecule is COC(=O)/C(C)=N/OCCc1sc(Nc2cccc(SC)c2)c(C#N)c1N. The number of oxime groups is 1. The maximum Gasteiger partial charge on any atom is 0.355 e. The molecule has 0 bridgehead atoms. The molecule has 1 heterocycles. The number of thioether (sulfide) groups is 1. The van der Waals surface area contributed by atoms with Crippen LogP contribution in [0, 0.1) is 11.3 Å². The zero-order chi connectivity index (χ0) is 19.8. The van der Waals surface area contributed by atoms with Crippen LogP contribution in [0.15, 0.2) is 34.3 Å². The standard InChI is InChI=1S/C18H20N4O3S2/c1-11(18(23)24-2)22-25-8-7-15-16(20)14(10-19)17(27-15)21-12-5-4-6-13(9-12)26-3/h4-6,9,21H,7-8,20H2,1-3H3/b22-11+. The van der Waals surface area contributed by atoms with Gasteiger partial charge in [0.25, 0.3) is 0 Å². The summed E-state index contributed by atoms with van der Waals surface area (Å²) in [4.78, 5) is 18.3. The normalized spacial score (nSPS) is 11.0. The first-order valence-corrected chi connectivity index (χ1v) is 10.0. The molecule has 0 atom stereocenters. The third kappa shape index (κ3) is 5.39. The van der Waals surface area contributed by atoms with Gasteiger partial charge in [0.05, 0.1) is 12.8 Å². The molecule has 7 nitrogen and oxygen atoms in total. The highest BCUT2D eigenvalue weighted by Crippen LogP contribution is 2.37. The number of esters is 1. The summed E-state index contributed by atoms with van der Waals surface area (Å²) in [6.07, 6.45) is 2.47. The lowest BCUT2D eigenvalue weighted by atomic mass is 10.2. The number of hydrogen-bond donors (Lipinski definition) is 2. The van der Waals surface area contributed by atoms with Gasteiger partial charge in [-0.05, 0) is 31.4 Å². The largest absolute Gasteiger partial charge is 0.464 e. The van der Waals surface area contributed by atoms with Crippen LogP contribution in [0.2, 0.25) is 0 Å². The number of carbonyl (C=O) groups is 1. The third-order valence-electron chi connectivity index (χ3n) is 3.56. The summed E-state index contributed by atoms with van der Waals surface area (Å²) in [6, 6.07) is 10.1. The Hall–Kier alpha value is -2.70. The highest BCUT2D eigenvalue weighted by molar-refractivity contribution is 7.98. The van der Waals surface area contributed by atoms with E-state index in [0.717, 1.165) is 15.5 Å². The van der Waals surface area contributed by atoms with Crippen LogP contribution in [0.5, 0.6) is 0 Å². The molecule has 0 spiro atoms. The quantitative estimate of drug-likeness (QED) is 0.226. The van der Waals surface area contributed by atoms with Gasteiger partial charge in [0.1, 0.15) is 23.2 Å². The number of hydrogen-bond acceptors (Lipinski definition) is 9. The monoisotopic (exact) mass is 404 g/mol. The van der Waals surface area contributed by atoms with Gasteiger partial charge in [-0.3, -0.25) is 0 Å². The van der Waals surface area contributed by atoms with E-state index in [2.05, 4.69) is 21.3 Å². The summed E-state index contributed by atoms with van der Waals surface area (Å²) >= 11 is 3.05. The van der Waals surface area contributed by atoms with Crippen LogP contribution in [-0.4, -0.2) is 31.7 Å². The van der Waals surface area contributed by atoms with E-state index in [-0.39, 0.29) is 12.3 Å². The van der Waals surface area contributed by atoms with Crippen LogP contribution in [0.25, 0.3) is 0 Å². The Kier molecular flexibility index (Phi) is 7.52. The van der Waals surface area contributed by atoms with Crippen LogP contribution in [-0.2, 0) is 20.8 Å². The minimum Gasteiger partial charge on any atom is -0.464 e. The first-order chi connectivity index (χ1) is 13.0. The average molecular weight is 405 g/mol. The maximum absolute atomic E-state index is 11.2. The lowest BCUT2D eigenvalue weighted by Gasteiger charge is -2.05. The highest BCUT2D eigenvalue weighted by atomic mass is 32.2. The van der Waals surface area contributed by atoms with Crippen molar-refractivity contribution in [3.63, 3.8) is 0 Å². The van der Waals surface area contributed by atoms with Crippen molar-refractivity contribution in [2.75, 3.05) is 31.0 Å². The Balaban J connectivity index is 2.09. The second kappa shape index (κ2) is 9.85. The highest BCUT2D eigenvalue weighted by Gasteiger charge is 2.16. The van der Waals surface area contributed by atoms with Gasteiger partial charge in [0.2, 0.25) is 0 Å². The van der Waals surface area contributed by atoms with Gasteiger partial charge in [-0.1, -0.05) is 11.2 Å². The number of nitrogens with zero attached hydrogens (tertiary/aromatic N) is 2. The lowest BCUT2D eigenvalue weighted by Crippen LogP contribution is -2.12. The number of nitrogens with one attached hydrogen (secondary N) is 1. The second-order valence-electron chi connectivity index (χ2n) is 5.36. The fraction of sp³-hybridized carbons (Fsp3) is 0.278. The van der Waals surface area contributed by atoms with Crippen molar-refractivity contribution in [1.29, 1.82) is 5.26 Å². The number of methoxy groups -OCH3 is 1. The summed E-state index contributed by atoms with van der Waals surface area (Å²) in [5, 5.41) is 17.1. The van der Waals surface area contributed by atoms with Crippen molar-refractivity contribution in [1.82, 2.24) is 0 Å². The van der Waals surface area contributed by atoms with Crippen molar-refractivity contribution in [2.24, 2.45) is 5.16 Å². The second-order valence-corrected chi connectivity index (χ2v) is 7.35. The Labute approximate surface area is 166 Å². The number of nitrogen functional groups attached to an aromatic ring is 1. The van der Waals surface area contributed by atoms with Gasteiger partial charge < -0.3 is 20.6 Å². The topological polar surface area (TPSA) is 110 Å². The molecule has 0 saturated carbocycles. The zero-order valence-electron chi connectivity index (χ0n) is 15.2. The number of benzene rings is 1. The molecular weight excluding hydrogens is 384 g/mol. The van der Waals surface area contributed by atoms with E-state index in [4.69, 9.17) is 10.6 Å². The predicted octanol–water partition coefficient (Wildman–Crippen LogP) is 3.78. The molecular formula is C18H20N4O3S2. The van der Waals surface area contributed by atoms with E-state index < -0.39 is 5.97 Å². The average Bonchev–Trinajstić information content (AvgIpc) is 2.98. The minimum atomic E-state index is -0.545. The molecule has 0 aliphatic heterocycles. The molecule has 9 heteroatoms. The zero-order valence-corrected chi connectivity index (χ0v) is 16.9. The molecule has 27 heavy (non-hydrogen) atoms. The summed E-state index contributed by atoms with van der Waals surface area (Å²) in [6.45, 7) is 1.73. The van der Waals surface area contributed by atoms with E-state index in [1.165, 1.54) is 25.4 Å². The fourth-order valence-corrected chi connectivity index (χ4v) is 3.70. The van der Waals surface area contributed by atoms with Crippen LogP contribution < -0.4 is 11.1 Å². The lowest BCUT2D eigenvalue weighted by molar-refractivity contribution is -0.132. The molecule has 1 aromatic carbocycles. The molecule has 0 aliphatic rings. The van der Waals surface area contributed by atoms with E-state index in [0.29, 0.717) is 22.7 Å². The van der Waals surface area contributed by atoms with Crippen molar-refractivity contribution in [3.05, 3.63) is 34.7 Å². The number of nitrogens with two attached hydrogens (primary N) is 1. The molecule has 0 radical (unpaired) electrons. The first kappa shape index (κ1) is 20.6. The van der Waals surface area contributed by atoms with E-state index in [9.17, 15) is 10.1 Å². The maximum atomic E-state index is 11.2. The van der Waals surface area contributed by atoms with Crippen LogP contribution in [0.1, 0.15) is 17.4 Å².